The minimum absolute atomic E-state index is 0.0178. The number of hydrogen-bond donors (Lipinski definition) is 0. The van der Waals surface area contributed by atoms with Crippen LogP contribution >= 0.6 is 11.8 Å². The number of aromatic nitrogens is 2. The number of thioether (sulfide) groups is 1. The molecule has 0 atom stereocenters. The molecular weight excluding hydrogens is 360 g/mol. The molecule has 1 aliphatic carbocycles. The molecule has 1 aliphatic rings. The van der Waals surface area contributed by atoms with E-state index in [2.05, 4.69) is 11.5 Å². The smallest absolute Gasteiger partial charge is 0.177 e. The fourth-order valence-corrected chi connectivity index (χ4v) is 4.75. The van der Waals surface area contributed by atoms with Crippen LogP contribution in [0.25, 0.3) is 0 Å². The molecular formula is C21H28N2O3S. The highest BCUT2D eigenvalue weighted by Gasteiger charge is 2.23. The molecule has 1 fully saturated rings. The minimum Gasteiger partial charge on any atom is -0.497 e. The highest BCUT2D eigenvalue weighted by Crippen LogP contribution is 2.35. The molecule has 2 aromatic rings. The summed E-state index contributed by atoms with van der Waals surface area (Å²) < 4.78 is 13.0. The van der Waals surface area contributed by atoms with Gasteiger partial charge < -0.3 is 14.0 Å². The Hall–Kier alpha value is -1.95. The first-order valence-electron chi connectivity index (χ1n) is 9.48. The van der Waals surface area contributed by atoms with Crippen molar-refractivity contribution in [1.82, 2.24) is 9.55 Å². The van der Waals surface area contributed by atoms with Crippen LogP contribution in [0.1, 0.15) is 59.9 Å². The van der Waals surface area contributed by atoms with Crippen LogP contribution in [0.4, 0.5) is 0 Å². The molecule has 0 radical (unpaired) electrons. The number of ether oxygens (including phenoxy) is 2. The first-order valence-corrected chi connectivity index (χ1v) is 10.5. The topological polar surface area (TPSA) is 53.4 Å². The molecule has 27 heavy (non-hydrogen) atoms. The lowest BCUT2D eigenvalue weighted by atomic mass is 9.95. The van der Waals surface area contributed by atoms with E-state index in [1.54, 1.807) is 32.4 Å². The van der Waals surface area contributed by atoms with Gasteiger partial charge in [0.1, 0.15) is 11.5 Å². The number of aryl methyl sites for hydroxylation is 1. The summed E-state index contributed by atoms with van der Waals surface area (Å²) in [6.07, 6.45) is 6.25. The number of benzene rings is 1. The van der Waals surface area contributed by atoms with Crippen LogP contribution in [0.15, 0.2) is 23.4 Å². The molecule has 0 saturated heterocycles. The van der Waals surface area contributed by atoms with E-state index in [1.165, 1.54) is 49.6 Å². The third-order valence-electron chi connectivity index (χ3n) is 5.33. The second kappa shape index (κ2) is 8.83. The molecule has 0 amide bonds. The number of ketones is 1. The number of imidazole rings is 1. The number of carbonyl (C=O) groups excluding carboxylic acids is 1. The summed E-state index contributed by atoms with van der Waals surface area (Å²) in [5.74, 6) is 1.57. The minimum atomic E-state index is 0.0178. The van der Waals surface area contributed by atoms with Gasteiger partial charge in [0, 0.05) is 11.7 Å². The third-order valence-corrected chi connectivity index (χ3v) is 6.29. The SMILES string of the molecule is COc1ccc(OC)c(C(=O)CSc2nc(C)c(C)n2C2CCCCC2)c1. The molecule has 1 aromatic carbocycles. The fourth-order valence-electron chi connectivity index (χ4n) is 3.71. The van der Waals surface area contributed by atoms with Gasteiger partial charge in [-0.25, -0.2) is 4.98 Å². The van der Waals surface area contributed by atoms with Crippen LogP contribution < -0.4 is 9.47 Å². The average Bonchev–Trinajstić information content (AvgIpc) is 2.99. The molecule has 1 heterocycles. The quantitative estimate of drug-likeness (QED) is 0.494. The van der Waals surface area contributed by atoms with Crippen molar-refractivity contribution in [2.45, 2.75) is 57.1 Å². The summed E-state index contributed by atoms with van der Waals surface area (Å²) in [5, 5.41) is 0.951. The van der Waals surface area contributed by atoms with Gasteiger partial charge in [-0.15, -0.1) is 0 Å². The highest BCUT2D eigenvalue weighted by atomic mass is 32.2. The molecule has 5 nitrogen and oxygen atoms in total. The normalized spacial score (nSPS) is 15.0. The molecule has 0 bridgehead atoms. The number of methoxy groups -OCH3 is 2. The van der Waals surface area contributed by atoms with Crippen molar-refractivity contribution in [2.24, 2.45) is 0 Å². The van der Waals surface area contributed by atoms with Crippen molar-refractivity contribution in [2.75, 3.05) is 20.0 Å². The van der Waals surface area contributed by atoms with E-state index in [9.17, 15) is 4.79 Å². The Morgan fingerprint density at radius 1 is 1.19 bits per heavy atom. The number of carbonyl (C=O) groups is 1. The second-order valence-corrected chi connectivity index (χ2v) is 7.95. The zero-order chi connectivity index (χ0) is 19.4. The maximum atomic E-state index is 12.9. The van der Waals surface area contributed by atoms with Gasteiger partial charge in [-0.3, -0.25) is 4.79 Å². The van der Waals surface area contributed by atoms with E-state index in [0.717, 1.165) is 10.9 Å². The Labute approximate surface area is 165 Å². The zero-order valence-electron chi connectivity index (χ0n) is 16.6. The molecule has 0 aliphatic heterocycles. The average molecular weight is 389 g/mol. The first kappa shape index (κ1) is 19.8. The van der Waals surface area contributed by atoms with Gasteiger partial charge in [0.2, 0.25) is 0 Å². The maximum absolute atomic E-state index is 12.9. The maximum Gasteiger partial charge on any atom is 0.177 e. The Morgan fingerprint density at radius 3 is 2.59 bits per heavy atom. The Balaban J connectivity index is 1.79. The van der Waals surface area contributed by atoms with Crippen molar-refractivity contribution < 1.29 is 14.3 Å². The van der Waals surface area contributed by atoms with E-state index in [4.69, 9.17) is 14.5 Å². The van der Waals surface area contributed by atoms with E-state index >= 15 is 0 Å². The van der Waals surface area contributed by atoms with Crippen LogP contribution in [0.5, 0.6) is 11.5 Å². The second-order valence-electron chi connectivity index (χ2n) is 7.01. The van der Waals surface area contributed by atoms with Crippen LogP contribution in [-0.2, 0) is 0 Å². The van der Waals surface area contributed by atoms with Crippen molar-refractivity contribution >= 4 is 17.5 Å². The van der Waals surface area contributed by atoms with Gasteiger partial charge in [0.05, 0.1) is 31.2 Å². The number of hydrogen-bond acceptors (Lipinski definition) is 5. The number of nitrogens with zero attached hydrogens (tertiary/aromatic N) is 2. The number of Topliss-reactive ketones (excluding diaryl/α,β-unsaturated/α-hetero) is 1. The van der Waals surface area contributed by atoms with Crippen molar-refractivity contribution in [1.29, 1.82) is 0 Å². The van der Waals surface area contributed by atoms with Gasteiger partial charge in [-0.1, -0.05) is 31.0 Å². The fraction of sp³-hybridized carbons (Fsp3) is 0.524. The molecule has 1 aromatic heterocycles. The third kappa shape index (κ3) is 4.32. The molecule has 6 heteroatoms. The lowest BCUT2D eigenvalue weighted by molar-refractivity contribution is 0.101. The summed E-state index contributed by atoms with van der Waals surface area (Å²) in [5.41, 5.74) is 2.82. The summed E-state index contributed by atoms with van der Waals surface area (Å²) in [7, 11) is 3.17. The van der Waals surface area contributed by atoms with Crippen LogP contribution in [-0.4, -0.2) is 35.3 Å². The summed E-state index contributed by atoms with van der Waals surface area (Å²) in [6, 6.07) is 5.81. The van der Waals surface area contributed by atoms with Crippen LogP contribution in [0, 0.1) is 13.8 Å². The Kier molecular flexibility index (Phi) is 6.47. The van der Waals surface area contributed by atoms with Crippen molar-refractivity contribution in [3.63, 3.8) is 0 Å². The Bertz CT molecular complexity index is 810. The standard InChI is InChI=1S/C21H28N2O3S/c1-14-15(2)23(16-8-6-5-7-9-16)21(22-14)27-13-19(24)18-12-17(25-3)10-11-20(18)26-4/h10-12,16H,5-9,13H2,1-4H3. The molecule has 0 unspecified atom stereocenters. The van der Waals surface area contributed by atoms with Crippen LogP contribution in [0.2, 0.25) is 0 Å². The number of rotatable bonds is 7. The summed E-state index contributed by atoms with van der Waals surface area (Å²) in [4.78, 5) is 17.6. The lowest BCUT2D eigenvalue weighted by Crippen LogP contribution is -2.15. The summed E-state index contributed by atoms with van der Waals surface area (Å²) in [6.45, 7) is 4.18. The van der Waals surface area contributed by atoms with Crippen LogP contribution in [0.3, 0.4) is 0 Å². The van der Waals surface area contributed by atoms with E-state index in [0.29, 0.717) is 28.9 Å². The summed E-state index contributed by atoms with van der Waals surface area (Å²) >= 11 is 1.52. The van der Waals surface area contributed by atoms with E-state index in [-0.39, 0.29) is 5.78 Å². The molecule has 0 spiro atoms. The van der Waals surface area contributed by atoms with Gasteiger partial charge >= 0.3 is 0 Å². The van der Waals surface area contributed by atoms with Crippen molar-refractivity contribution in [3.8, 4) is 11.5 Å². The first-order chi connectivity index (χ1) is 13.0. The molecule has 146 valence electrons. The van der Waals surface area contributed by atoms with Crippen molar-refractivity contribution in [3.05, 3.63) is 35.2 Å². The van der Waals surface area contributed by atoms with Gasteiger partial charge in [-0.05, 0) is 44.9 Å². The van der Waals surface area contributed by atoms with Gasteiger partial charge in [-0.2, -0.15) is 0 Å². The molecule has 0 N–H and O–H groups in total. The largest absolute Gasteiger partial charge is 0.497 e. The highest BCUT2D eigenvalue weighted by molar-refractivity contribution is 7.99. The van der Waals surface area contributed by atoms with Gasteiger partial charge in [0.25, 0.3) is 0 Å². The lowest BCUT2D eigenvalue weighted by Gasteiger charge is -2.26. The van der Waals surface area contributed by atoms with E-state index < -0.39 is 0 Å². The molecule has 3 rings (SSSR count). The predicted molar refractivity (Wildman–Crippen MR) is 108 cm³/mol. The Morgan fingerprint density at radius 2 is 1.93 bits per heavy atom. The zero-order valence-corrected chi connectivity index (χ0v) is 17.4. The van der Waals surface area contributed by atoms with E-state index in [1.807, 2.05) is 6.92 Å². The monoisotopic (exact) mass is 388 g/mol. The van der Waals surface area contributed by atoms with Gasteiger partial charge in [0.15, 0.2) is 10.9 Å². The predicted octanol–water partition coefficient (Wildman–Crippen LogP) is 5.00. The molecule has 1 saturated carbocycles.